The van der Waals surface area contributed by atoms with Crippen molar-refractivity contribution in [1.82, 2.24) is 5.32 Å². The highest BCUT2D eigenvalue weighted by Crippen LogP contribution is 2.40. The standard InChI is InChI=1S/C11H21NO/c1-4-7-12-10(13)9-5-6-11(2,3)8-9/h9H,4-8H2,1-3H3,(H,12,13). The Morgan fingerprint density at radius 3 is 2.69 bits per heavy atom. The van der Waals surface area contributed by atoms with Crippen molar-refractivity contribution in [3.8, 4) is 0 Å². The lowest BCUT2D eigenvalue weighted by Crippen LogP contribution is -2.30. The van der Waals surface area contributed by atoms with Crippen molar-refractivity contribution in [2.45, 2.75) is 46.5 Å². The van der Waals surface area contributed by atoms with Gasteiger partial charge in [0.05, 0.1) is 0 Å². The van der Waals surface area contributed by atoms with E-state index < -0.39 is 0 Å². The zero-order chi connectivity index (χ0) is 9.90. The maximum Gasteiger partial charge on any atom is 0.223 e. The molecule has 76 valence electrons. The molecule has 0 saturated heterocycles. The smallest absolute Gasteiger partial charge is 0.223 e. The Balaban J connectivity index is 2.33. The molecule has 1 N–H and O–H groups in total. The van der Waals surface area contributed by atoms with Gasteiger partial charge in [-0.1, -0.05) is 20.8 Å². The van der Waals surface area contributed by atoms with Crippen molar-refractivity contribution in [1.29, 1.82) is 0 Å². The van der Waals surface area contributed by atoms with Gasteiger partial charge in [0.15, 0.2) is 0 Å². The van der Waals surface area contributed by atoms with Gasteiger partial charge in [0.25, 0.3) is 0 Å². The van der Waals surface area contributed by atoms with E-state index in [1.165, 1.54) is 6.42 Å². The molecule has 0 bridgehead atoms. The summed E-state index contributed by atoms with van der Waals surface area (Å²) in [4.78, 5) is 11.6. The minimum atomic E-state index is 0.271. The highest BCUT2D eigenvalue weighted by atomic mass is 16.1. The highest BCUT2D eigenvalue weighted by molar-refractivity contribution is 5.78. The molecule has 0 aromatic heterocycles. The molecule has 1 amide bonds. The van der Waals surface area contributed by atoms with Crippen molar-refractivity contribution < 1.29 is 4.79 Å². The van der Waals surface area contributed by atoms with Crippen molar-refractivity contribution in [3.63, 3.8) is 0 Å². The lowest BCUT2D eigenvalue weighted by Gasteiger charge is -2.16. The van der Waals surface area contributed by atoms with Crippen LogP contribution in [0.2, 0.25) is 0 Å². The van der Waals surface area contributed by atoms with Crippen LogP contribution in [0.25, 0.3) is 0 Å². The van der Waals surface area contributed by atoms with Gasteiger partial charge >= 0.3 is 0 Å². The summed E-state index contributed by atoms with van der Waals surface area (Å²) in [6, 6.07) is 0. The molecule has 13 heavy (non-hydrogen) atoms. The number of carbonyl (C=O) groups is 1. The lowest BCUT2D eigenvalue weighted by atomic mass is 9.90. The zero-order valence-corrected chi connectivity index (χ0v) is 9.02. The van der Waals surface area contributed by atoms with E-state index in [1.807, 2.05) is 0 Å². The third kappa shape index (κ3) is 3.02. The van der Waals surface area contributed by atoms with Gasteiger partial charge < -0.3 is 5.32 Å². The summed E-state index contributed by atoms with van der Waals surface area (Å²) in [6.45, 7) is 7.41. The maximum absolute atomic E-state index is 11.6. The summed E-state index contributed by atoms with van der Waals surface area (Å²) < 4.78 is 0. The number of carbonyl (C=O) groups excluding carboxylic acids is 1. The molecular formula is C11H21NO. The fourth-order valence-electron chi connectivity index (χ4n) is 2.05. The van der Waals surface area contributed by atoms with E-state index >= 15 is 0 Å². The molecule has 1 aliphatic rings. The average Bonchev–Trinajstić information content (AvgIpc) is 2.42. The normalized spacial score (nSPS) is 25.9. The van der Waals surface area contributed by atoms with E-state index in [1.54, 1.807) is 0 Å². The van der Waals surface area contributed by atoms with Crippen molar-refractivity contribution in [2.24, 2.45) is 11.3 Å². The van der Waals surface area contributed by atoms with E-state index in [0.717, 1.165) is 25.8 Å². The van der Waals surface area contributed by atoms with Crippen LogP contribution in [-0.2, 0) is 4.79 Å². The molecule has 1 atom stereocenters. The topological polar surface area (TPSA) is 29.1 Å². The molecule has 2 heteroatoms. The van der Waals surface area contributed by atoms with Gasteiger partial charge in [0, 0.05) is 12.5 Å². The monoisotopic (exact) mass is 183 g/mol. The largest absolute Gasteiger partial charge is 0.356 e. The molecule has 0 aromatic rings. The van der Waals surface area contributed by atoms with Crippen LogP contribution in [-0.4, -0.2) is 12.5 Å². The number of nitrogens with one attached hydrogen (secondary N) is 1. The Kier molecular flexibility index (Phi) is 3.34. The molecular weight excluding hydrogens is 162 g/mol. The molecule has 0 radical (unpaired) electrons. The maximum atomic E-state index is 11.6. The second kappa shape index (κ2) is 4.12. The third-order valence-electron chi connectivity index (χ3n) is 2.89. The Labute approximate surface area is 81.1 Å². The van der Waals surface area contributed by atoms with E-state index in [-0.39, 0.29) is 11.8 Å². The molecule has 1 saturated carbocycles. The first-order chi connectivity index (χ1) is 6.05. The lowest BCUT2D eigenvalue weighted by molar-refractivity contribution is -0.125. The van der Waals surface area contributed by atoms with E-state index in [4.69, 9.17) is 0 Å². The minimum absolute atomic E-state index is 0.271. The molecule has 0 heterocycles. The number of rotatable bonds is 3. The van der Waals surface area contributed by atoms with Gasteiger partial charge in [-0.05, 0) is 31.1 Å². The first-order valence-corrected chi connectivity index (χ1v) is 5.33. The zero-order valence-electron chi connectivity index (χ0n) is 9.02. The summed E-state index contributed by atoms with van der Waals surface area (Å²) in [6.07, 6.45) is 4.35. The van der Waals surface area contributed by atoms with Crippen molar-refractivity contribution in [3.05, 3.63) is 0 Å². The fourth-order valence-corrected chi connectivity index (χ4v) is 2.05. The number of amides is 1. The van der Waals surface area contributed by atoms with E-state index in [2.05, 4.69) is 26.1 Å². The molecule has 1 aliphatic carbocycles. The average molecular weight is 183 g/mol. The predicted octanol–water partition coefficient (Wildman–Crippen LogP) is 2.34. The summed E-state index contributed by atoms with van der Waals surface area (Å²) in [5.41, 5.74) is 0.383. The van der Waals surface area contributed by atoms with Gasteiger partial charge in [-0.2, -0.15) is 0 Å². The molecule has 1 unspecified atom stereocenters. The van der Waals surface area contributed by atoms with Gasteiger partial charge in [0.1, 0.15) is 0 Å². The summed E-state index contributed by atoms with van der Waals surface area (Å²) in [5.74, 6) is 0.550. The van der Waals surface area contributed by atoms with Crippen LogP contribution >= 0.6 is 0 Å². The Hall–Kier alpha value is -0.530. The van der Waals surface area contributed by atoms with E-state index in [9.17, 15) is 4.79 Å². The first-order valence-electron chi connectivity index (χ1n) is 5.33. The van der Waals surface area contributed by atoms with Crippen LogP contribution in [0.15, 0.2) is 0 Å². The van der Waals surface area contributed by atoms with Crippen LogP contribution in [0, 0.1) is 11.3 Å². The van der Waals surface area contributed by atoms with Crippen molar-refractivity contribution in [2.75, 3.05) is 6.54 Å². The molecule has 0 aromatic carbocycles. The second-order valence-electron chi connectivity index (χ2n) is 4.89. The molecule has 1 rings (SSSR count). The van der Waals surface area contributed by atoms with Crippen molar-refractivity contribution >= 4 is 5.91 Å². The van der Waals surface area contributed by atoms with Gasteiger partial charge in [-0.3, -0.25) is 4.79 Å². The van der Waals surface area contributed by atoms with Gasteiger partial charge in [-0.15, -0.1) is 0 Å². The van der Waals surface area contributed by atoms with Crippen LogP contribution in [0.3, 0.4) is 0 Å². The first kappa shape index (κ1) is 10.6. The second-order valence-corrected chi connectivity index (χ2v) is 4.89. The van der Waals surface area contributed by atoms with Crippen LogP contribution in [0.1, 0.15) is 46.5 Å². The Bertz CT molecular complexity index is 187. The number of hydrogen-bond donors (Lipinski definition) is 1. The summed E-state index contributed by atoms with van der Waals surface area (Å²) in [5, 5.41) is 2.97. The SMILES string of the molecule is CCCNC(=O)C1CCC(C)(C)C1. The fraction of sp³-hybridized carbons (Fsp3) is 0.909. The Morgan fingerprint density at radius 2 is 2.23 bits per heavy atom. The summed E-state index contributed by atoms with van der Waals surface area (Å²) >= 11 is 0. The van der Waals surface area contributed by atoms with Crippen LogP contribution < -0.4 is 5.32 Å². The third-order valence-corrected chi connectivity index (χ3v) is 2.89. The predicted molar refractivity (Wildman–Crippen MR) is 54.4 cm³/mol. The number of hydrogen-bond acceptors (Lipinski definition) is 1. The van der Waals surface area contributed by atoms with Gasteiger partial charge in [-0.25, -0.2) is 0 Å². The highest BCUT2D eigenvalue weighted by Gasteiger charge is 2.34. The van der Waals surface area contributed by atoms with Crippen LogP contribution in [0.5, 0.6) is 0 Å². The molecule has 2 nitrogen and oxygen atoms in total. The minimum Gasteiger partial charge on any atom is -0.356 e. The Morgan fingerprint density at radius 1 is 1.54 bits per heavy atom. The molecule has 0 spiro atoms. The van der Waals surface area contributed by atoms with E-state index in [0.29, 0.717) is 5.41 Å². The van der Waals surface area contributed by atoms with Crippen LogP contribution in [0.4, 0.5) is 0 Å². The molecule has 0 aliphatic heterocycles. The molecule has 1 fully saturated rings. The summed E-state index contributed by atoms with van der Waals surface area (Å²) in [7, 11) is 0. The quantitative estimate of drug-likeness (QED) is 0.715. The van der Waals surface area contributed by atoms with Gasteiger partial charge in [0.2, 0.25) is 5.91 Å².